The maximum Gasteiger partial charge on any atom is 0.410 e. The molecule has 1 N–H and O–H groups in total. The van der Waals surface area contributed by atoms with Crippen LogP contribution in [0.4, 0.5) is 10.6 Å². The summed E-state index contributed by atoms with van der Waals surface area (Å²) in [7, 11) is 1.31. The fraction of sp³-hybridized carbons (Fsp3) is 0.409. The minimum Gasteiger partial charge on any atom is -0.506 e. The van der Waals surface area contributed by atoms with E-state index < -0.39 is 11.6 Å². The van der Waals surface area contributed by atoms with Crippen LogP contribution in [0, 0.1) is 0 Å². The molecule has 1 aliphatic heterocycles. The van der Waals surface area contributed by atoms with Crippen molar-refractivity contribution in [1.82, 2.24) is 9.88 Å². The topological polar surface area (TPSA) is 92.2 Å². The molecule has 3 rings (SSSR count). The van der Waals surface area contributed by atoms with Gasteiger partial charge >= 0.3 is 12.1 Å². The molecule has 1 aromatic heterocycles. The van der Waals surface area contributed by atoms with Crippen LogP contribution >= 0.6 is 15.9 Å². The summed E-state index contributed by atoms with van der Waals surface area (Å²) in [4.78, 5) is 32.4. The zero-order valence-corrected chi connectivity index (χ0v) is 19.6. The van der Waals surface area contributed by atoms with Crippen molar-refractivity contribution in [2.24, 2.45) is 0 Å². The van der Waals surface area contributed by atoms with Gasteiger partial charge in [0.2, 0.25) is 0 Å². The molecule has 8 nitrogen and oxygen atoms in total. The van der Waals surface area contributed by atoms with Crippen molar-refractivity contribution in [2.75, 3.05) is 38.2 Å². The van der Waals surface area contributed by atoms with Gasteiger partial charge in [0, 0.05) is 37.9 Å². The van der Waals surface area contributed by atoms with Gasteiger partial charge in [0.25, 0.3) is 0 Å². The highest BCUT2D eigenvalue weighted by molar-refractivity contribution is 9.10. The van der Waals surface area contributed by atoms with Crippen LogP contribution < -0.4 is 4.90 Å². The quantitative estimate of drug-likeness (QED) is 0.647. The number of phenols is 1. The number of carbonyl (C=O) groups is 2. The molecule has 166 valence electrons. The number of aromatic hydroxyl groups is 1. The van der Waals surface area contributed by atoms with Gasteiger partial charge in [-0.05, 0) is 66.5 Å². The molecular formula is C22H26BrN3O5. The molecule has 2 aromatic rings. The molecule has 9 heteroatoms. The fourth-order valence-electron chi connectivity index (χ4n) is 3.26. The SMILES string of the molecule is COC(=O)c1cc(Br)c(O)c(-c2ccnc(N3CCN(C(=O)OC(C)(C)C)CC3)c2)c1. The highest BCUT2D eigenvalue weighted by Crippen LogP contribution is 2.37. The largest absolute Gasteiger partial charge is 0.506 e. The molecule has 0 spiro atoms. The third-order valence-corrected chi connectivity index (χ3v) is 5.40. The molecule has 0 radical (unpaired) electrons. The first kappa shape index (κ1) is 22.9. The van der Waals surface area contributed by atoms with Gasteiger partial charge in [0.05, 0.1) is 17.1 Å². The summed E-state index contributed by atoms with van der Waals surface area (Å²) < 4.78 is 10.6. The molecule has 0 unspecified atom stereocenters. The number of carbonyl (C=O) groups excluding carboxylic acids is 2. The average Bonchev–Trinajstić information content (AvgIpc) is 2.74. The van der Waals surface area contributed by atoms with E-state index >= 15 is 0 Å². The number of halogens is 1. The summed E-state index contributed by atoms with van der Waals surface area (Å²) in [6.07, 6.45) is 1.34. The van der Waals surface area contributed by atoms with E-state index in [1.807, 2.05) is 26.8 Å². The van der Waals surface area contributed by atoms with Gasteiger partial charge in [-0.3, -0.25) is 0 Å². The molecule has 1 saturated heterocycles. The third kappa shape index (κ3) is 5.46. The second-order valence-corrected chi connectivity index (χ2v) is 9.06. The van der Waals surface area contributed by atoms with Gasteiger partial charge in [-0.1, -0.05) is 0 Å². The van der Waals surface area contributed by atoms with Gasteiger partial charge in [0.15, 0.2) is 0 Å². The van der Waals surface area contributed by atoms with Crippen LogP contribution in [0.3, 0.4) is 0 Å². The Morgan fingerprint density at radius 1 is 1.13 bits per heavy atom. The standard InChI is InChI=1S/C22H26BrN3O5/c1-22(2,3)31-21(29)26-9-7-25(8-10-26)18-13-14(5-6-24-18)16-11-15(20(28)30-4)12-17(23)19(16)27/h5-6,11-13,27H,7-10H2,1-4H3. The summed E-state index contributed by atoms with van der Waals surface area (Å²) in [5.41, 5.74) is 1.000. The monoisotopic (exact) mass is 491 g/mol. The molecule has 1 amide bonds. The van der Waals surface area contributed by atoms with Crippen LogP contribution in [0.5, 0.6) is 5.75 Å². The maximum atomic E-state index is 12.3. The van der Waals surface area contributed by atoms with Crippen molar-refractivity contribution in [3.05, 3.63) is 40.5 Å². The van der Waals surface area contributed by atoms with Crippen LogP contribution in [0.25, 0.3) is 11.1 Å². The van der Waals surface area contributed by atoms with Crippen molar-refractivity contribution in [3.8, 4) is 16.9 Å². The van der Waals surface area contributed by atoms with E-state index in [4.69, 9.17) is 9.47 Å². The van der Waals surface area contributed by atoms with E-state index in [1.54, 1.807) is 23.2 Å². The van der Waals surface area contributed by atoms with Crippen LogP contribution in [0.15, 0.2) is 34.9 Å². The predicted molar refractivity (Wildman–Crippen MR) is 120 cm³/mol. The van der Waals surface area contributed by atoms with E-state index in [9.17, 15) is 14.7 Å². The summed E-state index contributed by atoms with van der Waals surface area (Å²) in [5.74, 6) is 0.259. The van der Waals surface area contributed by atoms with E-state index in [-0.39, 0.29) is 11.8 Å². The minimum atomic E-state index is -0.529. The summed E-state index contributed by atoms with van der Waals surface area (Å²) in [5, 5.41) is 10.5. The Kier molecular flexibility index (Phi) is 6.74. The third-order valence-electron chi connectivity index (χ3n) is 4.80. The van der Waals surface area contributed by atoms with Gasteiger partial charge in [-0.15, -0.1) is 0 Å². The van der Waals surface area contributed by atoms with E-state index in [2.05, 4.69) is 25.8 Å². The van der Waals surface area contributed by atoms with E-state index in [0.29, 0.717) is 47.3 Å². The fourth-order valence-corrected chi connectivity index (χ4v) is 3.72. The van der Waals surface area contributed by atoms with Gasteiger partial charge in [-0.2, -0.15) is 0 Å². The number of methoxy groups -OCH3 is 1. The number of piperazine rings is 1. The first-order valence-electron chi connectivity index (χ1n) is 9.89. The molecule has 0 atom stereocenters. The van der Waals surface area contributed by atoms with Gasteiger partial charge in [0.1, 0.15) is 17.2 Å². The van der Waals surface area contributed by atoms with Crippen molar-refractivity contribution in [1.29, 1.82) is 0 Å². The zero-order valence-electron chi connectivity index (χ0n) is 18.0. The Labute approximate surface area is 189 Å². The number of hydrogen-bond acceptors (Lipinski definition) is 7. The van der Waals surface area contributed by atoms with Crippen LogP contribution in [0.1, 0.15) is 31.1 Å². The Morgan fingerprint density at radius 3 is 2.42 bits per heavy atom. The maximum absolute atomic E-state index is 12.3. The van der Waals surface area contributed by atoms with Gasteiger partial charge < -0.3 is 24.4 Å². The first-order chi connectivity index (χ1) is 14.6. The smallest absolute Gasteiger partial charge is 0.410 e. The second kappa shape index (κ2) is 9.13. The Balaban J connectivity index is 1.79. The number of rotatable bonds is 3. The number of anilines is 1. The molecule has 1 aliphatic rings. The van der Waals surface area contributed by atoms with Gasteiger partial charge in [-0.25, -0.2) is 14.6 Å². The lowest BCUT2D eigenvalue weighted by Crippen LogP contribution is -2.50. The Hall–Kier alpha value is -2.81. The highest BCUT2D eigenvalue weighted by Gasteiger charge is 2.26. The minimum absolute atomic E-state index is 0.0274. The lowest BCUT2D eigenvalue weighted by Gasteiger charge is -2.36. The summed E-state index contributed by atoms with van der Waals surface area (Å²) >= 11 is 3.29. The number of benzene rings is 1. The molecule has 1 fully saturated rings. The molecule has 0 aliphatic carbocycles. The number of ether oxygens (including phenoxy) is 2. The Bertz CT molecular complexity index is 982. The molecule has 1 aromatic carbocycles. The number of hydrogen-bond donors (Lipinski definition) is 1. The normalized spacial score (nSPS) is 14.4. The summed E-state index contributed by atoms with van der Waals surface area (Å²) in [6.45, 7) is 7.80. The van der Waals surface area contributed by atoms with Crippen LogP contribution in [-0.4, -0.2) is 65.9 Å². The average molecular weight is 492 g/mol. The van der Waals surface area contributed by atoms with E-state index in [1.165, 1.54) is 13.2 Å². The lowest BCUT2D eigenvalue weighted by molar-refractivity contribution is 0.0240. The Morgan fingerprint density at radius 2 is 1.81 bits per heavy atom. The second-order valence-electron chi connectivity index (χ2n) is 8.20. The summed E-state index contributed by atoms with van der Waals surface area (Å²) in [6, 6.07) is 6.73. The predicted octanol–water partition coefficient (Wildman–Crippen LogP) is 4.06. The van der Waals surface area contributed by atoms with Crippen molar-refractivity contribution >= 4 is 33.8 Å². The molecule has 0 bridgehead atoms. The zero-order chi connectivity index (χ0) is 22.8. The molecular weight excluding hydrogens is 466 g/mol. The number of aromatic nitrogens is 1. The van der Waals surface area contributed by atoms with Crippen molar-refractivity contribution in [2.45, 2.75) is 26.4 Å². The van der Waals surface area contributed by atoms with Crippen molar-refractivity contribution < 1.29 is 24.2 Å². The lowest BCUT2D eigenvalue weighted by atomic mass is 10.0. The highest BCUT2D eigenvalue weighted by atomic mass is 79.9. The number of esters is 1. The first-order valence-corrected chi connectivity index (χ1v) is 10.7. The number of nitrogens with zero attached hydrogens (tertiary/aromatic N) is 3. The number of phenolic OH excluding ortho intramolecular Hbond substituents is 1. The molecule has 31 heavy (non-hydrogen) atoms. The van der Waals surface area contributed by atoms with E-state index in [0.717, 1.165) is 5.82 Å². The number of amides is 1. The van der Waals surface area contributed by atoms with Crippen molar-refractivity contribution in [3.63, 3.8) is 0 Å². The molecule has 2 heterocycles. The van der Waals surface area contributed by atoms with Crippen LogP contribution in [-0.2, 0) is 9.47 Å². The number of pyridine rings is 1. The van der Waals surface area contributed by atoms with Crippen LogP contribution in [0.2, 0.25) is 0 Å². The molecule has 0 saturated carbocycles.